The van der Waals surface area contributed by atoms with E-state index in [2.05, 4.69) is 9.71 Å². The van der Waals surface area contributed by atoms with Crippen molar-refractivity contribution in [1.82, 2.24) is 9.71 Å². The number of nitrogens with one attached hydrogen (secondary N) is 2. The van der Waals surface area contributed by atoms with Gasteiger partial charge in [-0.1, -0.05) is 84.9 Å². The van der Waals surface area contributed by atoms with Crippen LogP contribution < -0.4 is 4.72 Å². The van der Waals surface area contributed by atoms with E-state index in [-0.39, 0.29) is 22.9 Å². The van der Waals surface area contributed by atoms with Crippen LogP contribution in [0.25, 0.3) is 22.2 Å². The van der Waals surface area contributed by atoms with Crippen LogP contribution >= 0.6 is 0 Å². The number of hydrogen-bond acceptors (Lipinski definition) is 3. The van der Waals surface area contributed by atoms with Gasteiger partial charge in [0, 0.05) is 23.4 Å². The van der Waals surface area contributed by atoms with Gasteiger partial charge < -0.3 is 10.1 Å². The zero-order valence-electron chi connectivity index (χ0n) is 19.3. The van der Waals surface area contributed by atoms with Crippen molar-refractivity contribution in [3.8, 4) is 11.3 Å². The van der Waals surface area contributed by atoms with Crippen LogP contribution in [0.2, 0.25) is 0 Å². The lowest BCUT2D eigenvalue weighted by Gasteiger charge is -2.20. The molecule has 0 aliphatic rings. The molecule has 7 heteroatoms. The van der Waals surface area contributed by atoms with Crippen LogP contribution in [-0.4, -0.2) is 31.0 Å². The first-order chi connectivity index (χ1) is 17.4. The molecule has 0 aliphatic carbocycles. The third-order valence-corrected chi connectivity index (χ3v) is 7.65. The second kappa shape index (κ2) is 9.81. The molecule has 5 rings (SSSR count). The van der Waals surface area contributed by atoms with E-state index in [1.54, 1.807) is 0 Å². The van der Waals surface area contributed by atoms with Gasteiger partial charge in [-0.2, -0.15) is 0 Å². The number of rotatable bonds is 8. The smallest absolute Gasteiger partial charge is 0.335 e. The fraction of sp³-hybridized carbons (Fsp3) is 0.0690. The largest absolute Gasteiger partial charge is 0.478 e. The normalized spacial score (nSPS) is 12.4. The summed E-state index contributed by atoms with van der Waals surface area (Å²) in [6, 6.07) is 33.1. The summed E-state index contributed by atoms with van der Waals surface area (Å²) in [7, 11) is -3.96. The summed E-state index contributed by atoms with van der Waals surface area (Å²) in [5.41, 5.74) is 4.76. The van der Waals surface area contributed by atoms with Gasteiger partial charge in [-0.3, -0.25) is 0 Å². The van der Waals surface area contributed by atoms with Crippen LogP contribution in [-0.2, 0) is 10.0 Å². The Labute approximate surface area is 209 Å². The molecule has 180 valence electrons. The topological polar surface area (TPSA) is 99.3 Å². The van der Waals surface area contributed by atoms with E-state index in [0.29, 0.717) is 0 Å². The number of aromatic nitrogens is 1. The van der Waals surface area contributed by atoms with E-state index >= 15 is 0 Å². The second-order valence-electron chi connectivity index (χ2n) is 8.47. The monoisotopic (exact) mass is 496 g/mol. The molecule has 1 atom stereocenters. The van der Waals surface area contributed by atoms with Crippen LogP contribution in [0.1, 0.15) is 27.4 Å². The standard InChI is InChI=1S/C29H24N2O4S/c32-29(33)22-14-9-15-23(18-22)36(34,35)30-19-25(20-10-3-1-4-11-20)27-24-16-7-8-17-26(24)31-28(27)21-12-5-2-6-13-21/h1-18,25,30-31H,19H2,(H,32,33). The molecule has 1 heterocycles. The maximum atomic E-state index is 13.2. The maximum absolute atomic E-state index is 13.2. The predicted molar refractivity (Wildman–Crippen MR) is 141 cm³/mol. The fourth-order valence-corrected chi connectivity index (χ4v) is 5.60. The number of hydrogen-bond donors (Lipinski definition) is 3. The molecular formula is C29H24N2O4S. The Kier molecular flexibility index (Phi) is 6.41. The first-order valence-corrected chi connectivity index (χ1v) is 13.0. The van der Waals surface area contributed by atoms with Gasteiger partial charge in [0.1, 0.15) is 0 Å². The Morgan fingerprint density at radius 2 is 1.50 bits per heavy atom. The minimum Gasteiger partial charge on any atom is -0.478 e. The summed E-state index contributed by atoms with van der Waals surface area (Å²) >= 11 is 0. The first kappa shape index (κ1) is 23.5. The van der Waals surface area contributed by atoms with Gasteiger partial charge in [-0.25, -0.2) is 17.9 Å². The molecule has 0 fully saturated rings. The minimum absolute atomic E-state index is 0.0829. The van der Waals surface area contributed by atoms with Gasteiger partial charge in [-0.15, -0.1) is 0 Å². The fourth-order valence-electron chi connectivity index (χ4n) is 4.50. The van der Waals surface area contributed by atoms with Crippen molar-refractivity contribution >= 4 is 26.9 Å². The number of benzene rings is 4. The number of para-hydroxylation sites is 1. The maximum Gasteiger partial charge on any atom is 0.335 e. The van der Waals surface area contributed by atoms with E-state index < -0.39 is 16.0 Å². The van der Waals surface area contributed by atoms with Crippen molar-refractivity contribution in [1.29, 1.82) is 0 Å². The molecule has 0 spiro atoms. The van der Waals surface area contributed by atoms with Gasteiger partial charge in [0.25, 0.3) is 0 Å². The lowest BCUT2D eigenvalue weighted by molar-refractivity contribution is 0.0696. The highest BCUT2D eigenvalue weighted by atomic mass is 32.2. The van der Waals surface area contributed by atoms with Gasteiger partial charge in [-0.05, 0) is 41.0 Å². The number of fused-ring (bicyclic) bond motifs is 1. The number of sulfonamides is 1. The van der Waals surface area contributed by atoms with Crippen molar-refractivity contribution in [3.63, 3.8) is 0 Å². The molecule has 4 aromatic carbocycles. The Hall–Kier alpha value is -4.20. The average molecular weight is 497 g/mol. The van der Waals surface area contributed by atoms with Crippen LogP contribution in [0.3, 0.4) is 0 Å². The van der Waals surface area contributed by atoms with Crippen molar-refractivity contribution in [2.45, 2.75) is 10.8 Å². The highest BCUT2D eigenvalue weighted by Gasteiger charge is 2.26. The third kappa shape index (κ3) is 4.66. The summed E-state index contributed by atoms with van der Waals surface area (Å²) in [5, 5.41) is 10.3. The molecule has 6 nitrogen and oxygen atoms in total. The molecule has 1 aromatic heterocycles. The van der Waals surface area contributed by atoms with Crippen molar-refractivity contribution < 1.29 is 18.3 Å². The second-order valence-corrected chi connectivity index (χ2v) is 10.2. The number of carboxylic acid groups (broad SMARTS) is 1. The molecule has 0 saturated carbocycles. The molecular weight excluding hydrogens is 472 g/mol. The van der Waals surface area contributed by atoms with Crippen LogP contribution in [0.4, 0.5) is 0 Å². The lowest BCUT2D eigenvalue weighted by Crippen LogP contribution is -2.29. The Morgan fingerprint density at radius 1 is 0.833 bits per heavy atom. The summed E-state index contributed by atoms with van der Waals surface area (Å²) in [6.07, 6.45) is 0. The van der Waals surface area contributed by atoms with Gasteiger partial charge in [0.15, 0.2) is 0 Å². The van der Waals surface area contributed by atoms with E-state index in [0.717, 1.165) is 33.3 Å². The number of carboxylic acids is 1. The number of aromatic carboxylic acids is 1. The summed E-state index contributed by atoms with van der Waals surface area (Å²) in [4.78, 5) is 14.8. The van der Waals surface area contributed by atoms with Gasteiger partial charge in [0.05, 0.1) is 16.2 Å². The highest BCUT2D eigenvalue weighted by molar-refractivity contribution is 7.89. The molecule has 36 heavy (non-hydrogen) atoms. The molecule has 0 bridgehead atoms. The Morgan fingerprint density at radius 3 is 2.22 bits per heavy atom. The quantitative estimate of drug-likeness (QED) is 0.259. The number of aromatic amines is 1. The van der Waals surface area contributed by atoms with E-state index in [9.17, 15) is 18.3 Å². The molecule has 0 radical (unpaired) electrons. The Balaban J connectivity index is 1.61. The van der Waals surface area contributed by atoms with E-state index in [4.69, 9.17) is 0 Å². The minimum atomic E-state index is -3.96. The summed E-state index contributed by atoms with van der Waals surface area (Å²) in [5.74, 6) is -1.49. The average Bonchev–Trinajstić information content (AvgIpc) is 3.29. The number of H-pyrrole nitrogens is 1. The van der Waals surface area contributed by atoms with Crippen molar-refractivity contribution in [2.24, 2.45) is 0 Å². The molecule has 0 saturated heterocycles. The first-order valence-electron chi connectivity index (χ1n) is 11.5. The van der Waals surface area contributed by atoms with Crippen LogP contribution in [0.15, 0.2) is 114 Å². The number of carbonyl (C=O) groups is 1. The molecule has 5 aromatic rings. The zero-order valence-corrected chi connectivity index (χ0v) is 20.1. The Bertz CT molecular complexity index is 1630. The predicted octanol–water partition coefficient (Wildman–Crippen LogP) is 5.64. The zero-order chi connectivity index (χ0) is 25.1. The third-order valence-electron chi connectivity index (χ3n) is 6.23. The summed E-state index contributed by atoms with van der Waals surface area (Å²) < 4.78 is 29.2. The van der Waals surface area contributed by atoms with Crippen molar-refractivity contribution in [3.05, 3.63) is 126 Å². The van der Waals surface area contributed by atoms with Crippen LogP contribution in [0, 0.1) is 0 Å². The van der Waals surface area contributed by atoms with E-state index in [1.807, 2.05) is 84.9 Å². The van der Waals surface area contributed by atoms with Gasteiger partial charge in [0.2, 0.25) is 10.0 Å². The SMILES string of the molecule is O=C(O)c1cccc(S(=O)(=O)NCC(c2ccccc2)c2c(-c3ccccc3)[nH]c3ccccc23)c1. The summed E-state index contributed by atoms with van der Waals surface area (Å²) in [6.45, 7) is 0.0886. The van der Waals surface area contributed by atoms with Crippen molar-refractivity contribution in [2.75, 3.05) is 6.54 Å². The molecule has 0 aliphatic heterocycles. The van der Waals surface area contributed by atoms with Gasteiger partial charge >= 0.3 is 5.97 Å². The lowest BCUT2D eigenvalue weighted by atomic mass is 9.87. The van der Waals surface area contributed by atoms with E-state index in [1.165, 1.54) is 24.3 Å². The molecule has 0 amide bonds. The molecule has 3 N–H and O–H groups in total. The van der Waals surface area contributed by atoms with Crippen LogP contribution in [0.5, 0.6) is 0 Å². The molecule has 1 unspecified atom stereocenters. The highest BCUT2D eigenvalue weighted by Crippen LogP contribution is 2.38.